The average molecular weight is 251 g/mol. The standard InChI is InChI=1S/C10H18N2OS.ClH/c1-8(2)13-7-6-11-9(3)10-4-5-12-14-10;/h4-5,8-9,11H,6-7H2,1-3H3;1H. The lowest BCUT2D eigenvalue weighted by molar-refractivity contribution is 0.0797. The van der Waals surface area contributed by atoms with Gasteiger partial charge in [-0.3, -0.25) is 0 Å². The first-order valence-electron chi connectivity index (χ1n) is 4.95. The molecule has 0 spiro atoms. The van der Waals surface area contributed by atoms with E-state index in [9.17, 15) is 0 Å². The van der Waals surface area contributed by atoms with Crippen molar-refractivity contribution in [2.45, 2.75) is 32.9 Å². The van der Waals surface area contributed by atoms with E-state index in [0.717, 1.165) is 13.2 Å². The van der Waals surface area contributed by atoms with Gasteiger partial charge in [-0.15, -0.1) is 12.4 Å². The number of aromatic nitrogens is 1. The Labute approximate surface area is 102 Å². The zero-order valence-electron chi connectivity index (χ0n) is 9.40. The normalized spacial score (nSPS) is 12.5. The zero-order valence-corrected chi connectivity index (χ0v) is 11.0. The topological polar surface area (TPSA) is 34.1 Å². The Hall–Kier alpha value is -0.160. The lowest BCUT2D eigenvalue weighted by atomic mass is 10.3. The Morgan fingerprint density at radius 1 is 1.47 bits per heavy atom. The summed E-state index contributed by atoms with van der Waals surface area (Å²) < 4.78 is 9.50. The molecule has 1 aromatic rings. The van der Waals surface area contributed by atoms with E-state index >= 15 is 0 Å². The molecule has 1 aromatic heterocycles. The maximum Gasteiger partial charge on any atom is 0.0594 e. The minimum atomic E-state index is 0. The molecule has 3 nitrogen and oxygen atoms in total. The van der Waals surface area contributed by atoms with E-state index in [1.54, 1.807) is 11.5 Å². The number of nitrogens with zero attached hydrogens (tertiary/aromatic N) is 1. The third-order valence-electron chi connectivity index (χ3n) is 1.89. The molecule has 0 fully saturated rings. The Bertz CT molecular complexity index is 242. The van der Waals surface area contributed by atoms with Crippen molar-refractivity contribution in [1.82, 2.24) is 9.69 Å². The maximum absolute atomic E-state index is 5.43. The number of ether oxygens (including phenoxy) is 1. The van der Waals surface area contributed by atoms with Crippen LogP contribution < -0.4 is 5.32 Å². The second kappa shape index (κ2) is 8.05. The van der Waals surface area contributed by atoms with Crippen molar-refractivity contribution >= 4 is 23.9 Å². The van der Waals surface area contributed by atoms with Gasteiger partial charge < -0.3 is 10.1 Å². The van der Waals surface area contributed by atoms with Gasteiger partial charge in [-0.2, -0.15) is 0 Å². The van der Waals surface area contributed by atoms with Crippen LogP contribution in [0.1, 0.15) is 31.7 Å². The molecule has 88 valence electrons. The van der Waals surface area contributed by atoms with Crippen LogP contribution >= 0.6 is 23.9 Å². The quantitative estimate of drug-likeness (QED) is 0.789. The molecule has 1 unspecified atom stereocenters. The molecule has 1 rings (SSSR count). The van der Waals surface area contributed by atoms with E-state index < -0.39 is 0 Å². The monoisotopic (exact) mass is 250 g/mol. The first-order valence-corrected chi connectivity index (χ1v) is 5.73. The SMILES string of the molecule is CC(C)OCCNC(C)c1ccns1.Cl. The van der Waals surface area contributed by atoms with Crippen LogP contribution in [0.4, 0.5) is 0 Å². The van der Waals surface area contributed by atoms with Gasteiger partial charge in [0.25, 0.3) is 0 Å². The molecule has 0 saturated carbocycles. The molecule has 0 aliphatic heterocycles. The lowest BCUT2D eigenvalue weighted by Crippen LogP contribution is -2.23. The van der Waals surface area contributed by atoms with Gasteiger partial charge in [0.15, 0.2) is 0 Å². The first kappa shape index (κ1) is 14.8. The number of hydrogen-bond acceptors (Lipinski definition) is 4. The van der Waals surface area contributed by atoms with Gasteiger partial charge in [0.1, 0.15) is 0 Å². The van der Waals surface area contributed by atoms with Crippen molar-refractivity contribution in [3.8, 4) is 0 Å². The Morgan fingerprint density at radius 3 is 2.73 bits per heavy atom. The molecule has 1 heterocycles. The fourth-order valence-corrected chi connectivity index (χ4v) is 1.73. The van der Waals surface area contributed by atoms with Crippen LogP contribution in [0.3, 0.4) is 0 Å². The highest BCUT2D eigenvalue weighted by Gasteiger charge is 2.05. The fourth-order valence-electron chi connectivity index (χ4n) is 1.12. The maximum atomic E-state index is 5.43. The van der Waals surface area contributed by atoms with Crippen LogP contribution in [0.25, 0.3) is 0 Å². The highest BCUT2D eigenvalue weighted by Crippen LogP contribution is 2.14. The predicted molar refractivity (Wildman–Crippen MR) is 66.9 cm³/mol. The Morgan fingerprint density at radius 2 is 2.20 bits per heavy atom. The second-order valence-corrected chi connectivity index (χ2v) is 4.37. The van der Waals surface area contributed by atoms with Crippen LogP contribution in [-0.4, -0.2) is 23.6 Å². The largest absolute Gasteiger partial charge is 0.377 e. The molecule has 1 N–H and O–H groups in total. The first-order chi connectivity index (χ1) is 6.70. The molecule has 0 saturated heterocycles. The molecule has 1 atom stereocenters. The second-order valence-electron chi connectivity index (χ2n) is 3.51. The molecule has 0 radical (unpaired) electrons. The molecule has 5 heteroatoms. The van der Waals surface area contributed by atoms with Crippen molar-refractivity contribution in [2.24, 2.45) is 0 Å². The summed E-state index contributed by atoms with van der Waals surface area (Å²) >= 11 is 1.54. The van der Waals surface area contributed by atoms with Gasteiger partial charge in [0.05, 0.1) is 12.7 Å². The summed E-state index contributed by atoms with van der Waals surface area (Å²) in [4.78, 5) is 1.27. The van der Waals surface area contributed by atoms with Crippen LogP contribution in [-0.2, 0) is 4.74 Å². The van der Waals surface area contributed by atoms with Crippen LogP contribution in [0.2, 0.25) is 0 Å². The van der Waals surface area contributed by atoms with Crippen molar-refractivity contribution < 1.29 is 4.74 Å². The summed E-state index contributed by atoms with van der Waals surface area (Å²) in [5.41, 5.74) is 0. The predicted octanol–water partition coefficient (Wildman–Crippen LogP) is 2.64. The minimum absolute atomic E-state index is 0. The van der Waals surface area contributed by atoms with E-state index in [1.165, 1.54) is 4.88 Å². The van der Waals surface area contributed by atoms with Crippen LogP contribution in [0.15, 0.2) is 12.3 Å². The van der Waals surface area contributed by atoms with E-state index in [1.807, 2.05) is 26.1 Å². The van der Waals surface area contributed by atoms with E-state index in [0.29, 0.717) is 12.1 Å². The van der Waals surface area contributed by atoms with Gasteiger partial charge in [-0.05, 0) is 38.4 Å². The summed E-state index contributed by atoms with van der Waals surface area (Å²) in [6.45, 7) is 7.89. The van der Waals surface area contributed by atoms with Crippen molar-refractivity contribution in [2.75, 3.05) is 13.2 Å². The molecule has 0 aliphatic rings. The Balaban J connectivity index is 0.00000196. The van der Waals surface area contributed by atoms with Crippen molar-refractivity contribution in [3.63, 3.8) is 0 Å². The number of nitrogens with one attached hydrogen (secondary N) is 1. The summed E-state index contributed by atoms with van der Waals surface area (Å²) in [5, 5.41) is 3.39. The molecule has 15 heavy (non-hydrogen) atoms. The van der Waals surface area contributed by atoms with Gasteiger partial charge in [0, 0.05) is 23.7 Å². The summed E-state index contributed by atoms with van der Waals surface area (Å²) in [5.74, 6) is 0. The highest BCUT2D eigenvalue weighted by molar-refractivity contribution is 7.05. The van der Waals surface area contributed by atoms with Gasteiger partial charge in [0.2, 0.25) is 0 Å². The molecule has 0 aromatic carbocycles. The van der Waals surface area contributed by atoms with Crippen molar-refractivity contribution in [3.05, 3.63) is 17.1 Å². The third kappa shape index (κ3) is 6.10. The molecule has 0 bridgehead atoms. The number of hydrogen-bond donors (Lipinski definition) is 1. The number of rotatable bonds is 6. The summed E-state index contributed by atoms with van der Waals surface area (Å²) in [6.07, 6.45) is 2.15. The summed E-state index contributed by atoms with van der Waals surface area (Å²) in [7, 11) is 0. The average Bonchev–Trinajstić information content (AvgIpc) is 2.64. The molecule has 0 amide bonds. The van der Waals surface area contributed by atoms with E-state index in [-0.39, 0.29) is 12.4 Å². The van der Waals surface area contributed by atoms with Crippen LogP contribution in [0.5, 0.6) is 0 Å². The highest BCUT2D eigenvalue weighted by atomic mass is 35.5. The van der Waals surface area contributed by atoms with E-state index in [4.69, 9.17) is 4.74 Å². The van der Waals surface area contributed by atoms with Crippen LogP contribution in [0, 0.1) is 0 Å². The lowest BCUT2D eigenvalue weighted by Gasteiger charge is -2.12. The zero-order chi connectivity index (χ0) is 10.4. The van der Waals surface area contributed by atoms with Gasteiger partial charge in [-0.25, -0.2) is 4.37 Å². The summed E-state index contributed by atoms with van der Waals surface area (Å²) in [6, 6.07) is 2.42. The molecular weight excluding hydrogens is 232 g/mol. The fraction of sp³-hybridized carbons (Fsp3) is 0.700. The number of halogens is 1. The Kier molecular flexibility index (Phi) is 7.96. The van der Waals surface area contributed by atoms with E-state index in [2.05, 4.69) is 16.6 Å². The van der Waals surface area contributed by atoms with Gasteiger partial charge in [-0.1, -0.05) is 0 Å². The smallest absolute Gasteiger partial charge is 0.0594 e. The van der Waals surface area contributed by atoms with Crippen molar-refractivity contribution in [1.29, 1.82) is 0 Å². The third-order valence-corrected chi connectivity index (χ3v) is 2.82. The minimum Gasteiger partial charge on any atom is -0.377 e. The van der Waals surface area contributed by atoms with Gasteiger partial charge >= 0.3 is 0 Å². The molecular formula is C10H19ClN2OS. The molecule has 0 aliphatic carbocycles.